The van der Waals surface area contributed by atoms with E-state index in [1.54, 1.807) is 35.5 Å². The van der Waals surface area contributed by atoms with Crippen molar-refractivity contribution in [2.45, 2.75) is 38.7 Å². The van der Waals surface area contributed by atoms with Crippen LogP contribution < -0.4 is 9.47 Å². The molecule has 0 aliphatic carbocycles. The summed E-state index contributed by atoms with van der Waals surface area (Å²) in [5.74, 6) is 1.40. The highest BCUT2D eigenvalue weighted by atomic mass is 16.5. The zero-order valence-electron chi connectivity index (χ0n) is 24.2. The Morgan fingerprint density at radius 2 is 1.91 bits per heavy atom. The number of ketones is 1. The van der Waals surface area contributed by atoms with E-state index in [1.165, 1.54) is 7.11 Å². The Balaban J connectivity index is 1.30. The largest absolute Gasteiger partial charge is 0.496 e. The third-order valence-corrected chi connectivity index (χ3v) is 7.96. The van der Waals surface area contributed by atoms with E-state index in [2.05, 4.69) is 16.0 Å². The molecule has 4 aromatic rings. The molecule has 0 spiro atoms. The van der Waals surface area contributed by atoms with Gasteiger partial charge in [0.05, 0.1) is 38.0 Å². The van der Waals surface area contributed by atoms with Crippen LogP contribution in [0.5, 0.6) is 11.5 Å². The van der Waals surface area contributed by atoms with Crippen LogP contribution in [0.25, 0.3) is 33.6 Å². The molecule has 2 saturated heterocycles. The number of fused-ring (bicyclic) bond motifs is 1. The second-order valence-electron chi connectivity index (χ2n) is 11.1. The molecular formula is C33H32N4O6. The summed E-state index contributed by atoms with van der Waals surface area (Å²) in [6, 6.07) is 13.0. The van der Waals surface area contributed by atoms with E-state index in [-0.39, 0.29) is 36.0 Å². The van der Waals surface area contributed by atoms with Crippen LogP contribution in [0.15, 0.2) is 53.2 Å². The third kappa shape index (κ3) is 5.94. The number of amides is 1. The minimum atomic E-state index is -0.307. The SMILES string of the molecule is COc1cc(C(=O)N2CC(=O)CCC(C)C2)ncc1-c1cc2nccc(-c3ccc(OC4CCOCC4)c(C#N)c3)c2o1. The molecule has 1 aromatic carbocycles. The molecule has 3 aromatic heterocycles. The Morgan fingerprint density at radius 3 is 2.70 bits per heavy atom. The summed E-state index contributed by atoms with van der Waals surface area (Å²) in [7, 11) is 1.52. The normalized spacial score (nSPS) is 17.8. The van der Waals surface area contributed by atoms with Crippen LogP contribution >= 0.6 is 0 Å². The number of aromatic nitrogens is 2. The molecule has 0 bridgehead atoms. The lowest BCUT2D eigenvalue weighted by Crippen LogP contribution is -2.36. The van der Waals surface area contributed by atoms with Gasteiger partial charge in [-0.15, -0.1) is 0 Å². The van der Waals surface area contributed by atoms with Crippen LogP contribution in [0, 0.1) is 17.2 Å². The van der Waals surface area contributed by atoms with Gasteiger partial charge in [0, 0.05) is 55.9 Å². The maximum absolute atomic E-state index is 13.3. The highest BCUT2D eigenvalue weighted by Crippen LogP contribution is 2.38. The monoisotopic (exact) mass is 580 g/mol. The first-order valence-corrected chi connectivity index (χ1v) is 14.5. The number of furan rings is 1. The standard InChI is InChI=1S/C33H32N4O6/c1-20-3-5-23(38)19-37(18-20)33(39)28-15-30(40-2)26(17-36-28)31-14-27-32(43-31)25(7-10-35-27)21-4-6-29(22(13-21)16-34)42-24-8-11-41-12-9-24/h4,6-7,10,13-15,17,20,24H,3,5,8-9,11-12,18-19H2,1-2H3. The molecule has 6 rings (SSSR count). The summed E-state index contributed by atoms with van der Waals surface area (Å²) >= 11 is 0. The molecule has 10 nitrogen and oxygen atoms in total. The number of nitriles is 1. The number of carbonyl (C=O) groups is 2. The van der Waals surface area contributed by atoms with Gasteiger partial charge in [-0.3, -0.25) is 19.6 Å². The Bertz CT molecular complexity index is 1720. The number of pyridine rings is 2. The van der Waals surface area contributed by atoms with Crippen molar-refractivity contribution < 1.29 is 28.2 Å². The van der Waals surface area contributed by atoms with E-state index >= 15 is 0 Å². The summed E-state index contributed by atoms with van der Waals surface area (Å²) in [5, 5.41) is 9.87. The molecule has 2 aliphatic heterocycles. The van der Waals surface area contributed by atoms with E-state index in [1.807, 2.05) is 25.1 Å². The zero-order chi connectivity index (χ0) is 29.9. The van der Waals surface area contributed by atoms with Crippen molar-refractivity contribution in [3.63, 3.8) is 0 Å². The van der Waals surface area contributed by atoms with Crippen molar-refractivity contribution in [3.8, 4) is 40.0 Å². The quantitative estimate of drug-likeness (QED) is 0.293. The van der Waals surface area contributed by atoms with Crippen LogP contribution in [-0.4, -0.2) is 66.1 Å². The molecule has 0 saturated carbocycles. The molecule has 43 heavy (non-hydrogen) atoms. The molecular weight excluding hydrogens is 548 g/mol. The summed E-state index contributed by atoms with van der Waals surface area (Å²) < 4.78 is 23.5. The molecule has 5 heterocycles. The second kappa shape index (κ2) is 12.2. The highest BCUT2D eigenvalue weighted by molar-refractivity contribution is 5.97. The maximum Gasteiger partial charge on any atom is 0.272 e. The van der Waals surface area contributed by atoms with Gasteiger partial charge in [-0.2, -0.15) is 5.26 Å². The molecule has 0 radical (unpaired) electrons. The molecule has 1 atom stereocenters. The second-order valence-corrected chi connectivity index (χ2v) is 11.1. The van der Waals surface area contributed by atoms with Crippen LogP contribution in [0.3, 0.4) is 0 Å². The summed E-state index contributed by atoms with van der Waals surface area (Å²) in [5.41, 5.74) is 3.91. The van der Waals surface area contributed by atoms with Gasteiger partial charge in [-0.25, -0.2) is 0 Å². The summed E-state index contributed by atoms with van der Waals surface area (Å²) in [6.45, 7) is 3.93. The van der Waals surface area contributed by atoms with Crippen molar-refractivity contribution in [2.24, 2.45) is 5.92 Å². The van der Waals surface area contributed by atoms with Gasteiger partial charge in [0.15, 0.2) is 11.4 Å². The molecule has 1 unspecified atom stereocenters. The smallest absolute Gasteiger partial charge is 0.272 e. The Hall–Kier alpha value is -4.75. The summed E-state index contributed by atoms with van der Waals surface area (Å²) in [4.78, 5) is 36.0. The van der Waals surface area contributed by atoms with Gasteiger partial charge < -0.3 is 23.5 Å². The van der Waals surface area contributed by atoms with Gasteiger partial charge in [-0.05, 0) is 36.1 Å². The van der Waals surface area contributed by atoms with Crippen LogP contribution in [0.1, 0.15) is 48.7 Å². The minimum absolute atomic E-state index is 0.0210. The van der Waals surface area contributed by atoms with Crippen LogP contribution in [0.4, 0.5) is 0 Å². The number of hydrogen-bond acceptors (Lipinski definition) is 9. The average Bonchev–Trinajstić information content (AvgIpc) is 3.40. The average molecular weight is 581 g/mol. The Kier molecular flexibility index (Phi) is 8.07. The van der Waals surface area contributed by atoms with E-state index in [0.717, 1.165) is 30.4 Å². The van der Waals surface area contributed by atoms with Crippen LogP contribution in [-0.2, 0) is 9.53 Å². The number of Topliss-reactive ketones (excluding diaryl/α,β-unsaturated/α-hetero) is 1. The first kappa shape index (κ1) is 28.4. The number of benzene rings is 1. The van der Waals surface area contributed by atoms with Crippen molar-refractivity contribution in [1.82, 2.24) is 14.9 Å². The number of carbonyl (C=O) groups excluding carboxylic acids is 2. The van der Waals surface area contributed by atoms with Crippen molar-refractivity contribution in [2.75, 3.05) is 33.4 Å². The lowest BCUT2D eigenvalue weighted by molar-refractivity contribution is -0.119. The Labute approximate surface area is 249 Å². The van der Waals surface area contributed by atoms with Gasteiger partial charge in [0.1, 0.15) is 40.6 Å². The van der Waals surface area contributed by atoms with E-state index in [9.17, 15) is 14.9 Å². The molecule has 0 N–H and O–H groups in total. The van der Waals surface area contributed by atoms with E-state index in [4.69, 9.17) is 18.6 Å². The number of nitrogens with zero attached hydrogens (tertiary/aromatic N) is 4. The minimum Gasteiger partial charge on any atom is -0.496 e. The van der Waals surface area contributed by atoms with Crippen LogP contribution in [0.2, 0.25) is 0 Å². The van der Waals surface area contributed by atoms with Crippen molar-refractivity contribution in [3.05, 3.63) is 60.0 Å². The van der Waals surface area contributed by atoms with Gasteiger partial charge >= 0.3 is 0 Å². The zero-order valence-corrected chi connectivity index (χ0v) is 24.2. The van der Waals surface area contributed by atoms with Gasteiger partial charge in [0.25, 0.3) is 5.91 Å². The van der Waals surface area contributed by atoms with E-state index in [0.29, 0.717) is 65.7 Å². The molecule has 220 valence electrons. The number of likely N-dealkylation sites (tertiary alicyclic amines) is 1. The fourth-order valence-electron chi connectivity index (χ4n) is 5.62. The number of methoxy groups -OCH3 is 1. The fraction of sp³-hybridized carbons (Fsp3) is 0.364. The van der Waals surface area contributed by atoms with Gasteiger partial charge in [0.2, 0.25) is 0 Å². The predicted octanol–water partition coefficient (Wildman–Crippen LogP) is 5.44. The first-order chi connectivity index (χ1) is 20.9. The van der Waals surface area contributed by atoms with Crippen molar-refractivity contribution in [1.29, 1.82) is 5.26 Å². The number of ether oxygens (including phenoxy) is 3. The molecule has 1 amide bonds. The number of hydrogen-bond donors (Lipinski definition) is 0. The topological polar surface area (TPSA) is 128 Å². The van der Waals surface area contributed by atoms with Crippen molar-refractivity contribution >= 4 is 22.8 Å². The first-order valence-electron chi connectivity index (χ1n) is 14.5. The molecule has 10 heteroatoms. The van der Waals surface area contributed by atoms with Gasteiger partial charge in [-0.1, -0.05) is 13.0 Å². The Morgan fingerprint density at radius 1 is 1.07 bits per heavy atom. The van der Waals surface area contributed by atoms with E-state index < -0.39 is 0 Å². The fourth-order valence-corrected chi connectivity index (χ4v) is 5.62. The lowest BCUT2D eigenvalue weighted by atomic mass is 10.0. The lowest BCUT2D eigenvalue weighted by Gasteiger charge is -2.23. The maximum atomic E-state index is 13.3. The highest BCUT2D eigenvalue weighted by Gasteiger charge is 2.27. The molecule has 2 fully saturated rings. The predicted molar refractivity (Wildman–Crippen MR) is 158 cm³/mol. The third-order valence-electron chi connectivity index (χ3n) is 7.96. The molecule has 2 aliphatic rings. The summed E-state index contributed by atoms with van der Waals surface area (Å²) in [6.07, 6.45) is 6.09. The number of rotatable bonds is 6.